The first-order valence-electron chi connectivity index (χ1n) is 12.5. The number of methoxy groups -OCH3 is 3. The number of hydrogen-bond donors (Lipinski definition) is 0. The summed E-state index contributed by atoms with van der Waals surface area (Å²) in [7, 11) is 4.95. The zero-order valence-electron chi connectivity index (χ0n) is 22.1. The van der Waals surface area contributed by atoms with Gasteiger partial charge >= 0.3 is 0 Å². The second-order valence-corrected chi connectivity index (χ2v) is 8.98. The molecule has 1 saturated heterocycles. The van der Waals surface area contributed by atoms with E-state index < -0.39 is 0 Å². The van der Waals surface area contributed by atoms with E-state index in [1.54, 1.807) is 27.4 Å². The van der Waals surface area contributed by atoms with Gasteiger partial charge in [0.1, 0.15) is 17.3 Å². The molecule has 0 aliphatic carbocycles. The number of piperidine rings is 1. The van der Waals surface area contributed by atoms with Crippen molar-refractivity contribution in [1.29, 1.82) is 0 Å². The lowest BCUT2D eigenvalue weighted by molar-refractivity contribution is -0.131. The number of benzene rings is 1. The van der Waals surface area contributed by atoms with E-state index in [2.05, 4.69) is 17.0 Å². The lowest BCUT2D eigenvalue weighted by Crippen LogP contribution is -2.39. The SMILES string of the molecule is C=C/C=C(CC(=O)N1CCCC(c2nc(-c3cccc(OC)c3)c3cccc(OC)n23)C1)\C(=C/C)OC. The summed E-state index contributed by atoms with van der Waals surface area (Å²) in [5.74, 6) is 3.21. The first kappa shape index (κ1) is 26.1. The molecule has 3 heterocycles. The van der Waals surface area contributed by atoms with Crippen molar-refractivity contribution < 1.29 is 19.0 Å². The van der Waals surface area contributed by atoms with Crippen molar-refractivity contribution in [2.45, 2.75) is 32.1 Å². The van der Waals surface area contributed by atoms with Gasteiger partial charge in [-0.05, 0) is 50.1 Å². The molecule has 3 aromatic rings. The summed E-state index contributed by atoms with van der Waals surface area (Å²) in [5, 5.41) is 0. The number of aromatic nitrogens is 2. The molecule has 37 heavy (non-hydrogen) atoms. The van der Waals surface area contributed by atoms with Gasteiger partial charge in [-0.3, -0.25) is 9.20 Å². The van der Waals surface area contributed by atoms with Crippen molar-refractivity contribution in [3.05, 3.63) is 84.4 Å². The maximum atomic E-state index is 13.4. The van der Waals surface area contributed by atoms with Crippen LogP contribution in [0.1, 0.15) is 37.9 Å². The van der Waals surface area contributed by atoms with Crippen LogP contribution >= 0.6 is 0 Å². The van der Waals surface area contributed by atoms with Crippen molar-refractivity contribution in [2.24, 2.45) is 0 Å². The Labute approximate surface area is 218 Å². The third-order valence-corrected chi connectivity index (χ3v) is 6.80. The van der Waals surface area contributed by atoms with Crippen molar-refractivity contribution >= 4 is 11.4 Å². The summed E-state index contributed by atoms with van der Waals surface area (Å²) in [6, 6.07) is 13.9. The molecule has 1 aliphatic heterocycles. The molecule has 0 spiro atoms. The van der Waals surface area contributed by atoms with Crippen LogP contribution in [0.4, 0.5) is 0 Å². The number of hydrogen-bond acceptors (Lipinski definition) is 5. The summed E-state index contributed by atoms with van der Waals surface area (Å²) in [6.45, 7) is 7.00. The van der Waals surface area contributed by atoms with Gasteiger partial charge in [-0.1, -0.05) is 36.9 Å². The molecule has 194 valence electrons. The highest BCUT2D eigenvalue weighted by molar-refractivity contribution is 5.81. The van der Waals surface area contributed by atoms with Crippen LogP contribution < -0.4 is 9.47 Å². The van der Waals surface area contributed by atoms with E-state index in [0.29, 0.717) is 18.2 Å². The van der Waals surface area contributed by atoms with Gasteiger partial charge in [0.2, 0.25) is 5.91 Å². The number of ether oxygens (including phenoxy) is 3. The minimum atomic E-state index is 0.0649. The molecule has 2 aromatic heterocycles. The molecule has 1 unspecified atom stereocenters. The molecule has 7 heteroatoms. The fourth-order valence-corrected chi connectivity index (χ4v) is 5.04. The van der Waals surface area contributed by atoms with Gasteiger partial charge in [0.15, 0.2) is 5.88 Å². The number of allylic oxidation sites excluding steroid dienone is 4. The third-order valence-electron chi connectivity index (χ3n) is 6.80. The molecule has 0 bridgehead atoms. The Morgan fingerprint density at radius 2 is 1.97 bits per heavy atom. The Hall–Kier alpha value is -4.00. The van der Waals surface area contributed by atoms with Gasteiger partial charge in [0, 0.05) is 30.1 Å². The molecule has 0 N–H and O–H groups in total. The van der Waals surface area contributed by atoms with Gasteiger partial charge in [-0.2, -0.15) is 0 Å². The Balaban J connectivity index is 1.69. The predicted molar refractivity (Wildman–Crippen MR) is 146 cm³/mol. The summed E-state index contributed by atoms with van der Waals surface area (Å²) in [4.78, 5) is 20.5. The van der Waals surface area contributed by atoms with E-state index in [1.165, 1.54) is 0 Å². The molecule has 0 saturated carbocycles. The highest BCUT2D eigenvalue weighted by Crippen LogP contribution is 2.36. The monoisotopic (exact) mass is 501 g/mol. The van der Waals surface area contributed by atoms with Gasteiger partial charge in [-0.25, -0.2) is 4.98 Å². The minimum absolute atomic E-state index is 0.0649. The average molecular weight is 502 g/mol. The maximum Gasteiger partial charge on any atom is 0.227 e. The number of nitrogens with zero attached hydrogens (tertiary/aromatic N) is 3. The van der Waals surface area contributed by atoms with E-state index >= 15 is 0 Å². The molecule has 4 rings (SSSR count). The molecule has 1 fully saturated rings. The fraction of sp³-hybridized carbons (Fsp3) is 0.333. The lowest BCUT2D eigenvalue weighted by atomic mass is 9.96. The number of carbonyl (C=O) groups excluding carboxylic acids is 1. The van der Waals surface area contributed by atoms with Crippen LogP contribution in [0.3, 0.4) is 0 Å². The van der Waals surface area contributed by atoms with E-state index in [4.69, 9.17) is 19.2 Å². The lowest BCUT2D eigenvalue weighted by Gasteiger charge is -2.32. The fourth-order valence-electron chi connectivity index (χ4n) is 5.04. The van der Waals surface area contributed by atoms with E-state index in [9.17, 15) is 4.79 Å². The maximum absolute atomic E-state index is 13.4. The molecule has 0 radical (unpaired) electrons. The standard InChI is InChI=1S/C30H35N3O4/c1-6-11-21(26(7-2)36-4)19-27(34)32-17-10-13-23(20-32)30-31-29(22-12-8-14-24(18-22)35-3)25-15-9-16-28(37-5)33(25)30/h6-9,11-12,14-16,18,23H,1,10,13,17,19-20H2,2-5H3/b21-11-,26-7+. The summed E-state index contributed by atoms with van der Waals surface area (Å²) < 4.78 is 18.7. The number of likely N-dealkylation sites (tertiary alicyclic amines) is 1. The second kappa shape index (κ2) is 11.8. The molecule has 1 aliphatic rings. The largest absolute Gasteiger partial charge is 0.497 e. The normalized spacial score (nSPS) is 16.5. The summed E-state index contributed by atoms with van der Waals surface area (Å²) in [6.07, 6.45) is 7.48. The number of amides is 1. The van der Waals surface area contributed by atoms with Crippen LogP contribution in [0.2, 0.25) is 0 Å². The Kier molecular flexibility index (Phi) is 8.33. The first-order chi connectivity index (χ1) is 18.0. The number of carbonyl (C=O) groups is 1. The Morgan fingerprint density at radius 3 is 2.68 bits per heavy atom. The topological polar surface area (TPSA) is 65.3 Å². The average Bonchev–Trinajstić information content (AvgIpc) is 3.34. The van der Waals surface area contributed by atoms with Crippen LogP contribution in [-0.4, -0.2) is 54.6 Å². The van der Waals surface area contributed by atoms with Crippen molar-refractivity contribution in [3.63, 3.8) is 0 Å². The van der Waals surface area contributed by atoms with Crippen molar-refractivity contribution in [3.8, 4) is 22.9 Å². The molecule has 1 aromatic carbocycles. The Morgan fingerprint density at radius 1 is 1.16 bits per heavy atom. The molecule has 7 nitrogen and oxygen atoms in total. The molecular formula is C30H35N3O4. The molecular weight excluding hydrogens is 466 g/mol. The van der Waals surface area contributed by atoms with Crippen molar-refractivity contribution in [2.75, 3.05) is 34.4 Å². The quantitative estimate of drug-likeness (QED) is 0.275. The van der Waals surface area contributed by atoms with Crippen LogP contribution in [0, 0.1) is 0 Å². The van der Waals surface area contributed by atoms with E-state index in [1.807, 2.05) is 60.4 Å². The number of imidazole rings is 1. The minimum Gasteiger partial charge on any atom is -0.497 e. The van der Waals surface area contributed by atoms with Gasteiger partial charge in [0.05, 0.1) is 39.0 Å². The van der Waals surface area contributed by atoms with Crippen LogP contribution in [-0.2, 0) is 9.53 Å². The molecule has 1 atom stereocenters. The highest BCUT2D eigenvalue weighted by Gasteiger charge is 2.30. The smallest absolute Gasteiger partial charge is 0.227 e. The highest BCUT2D eigenvalue weighted by atomic mass is 16.5. The van der Waals surface area contributed by atoms with Crippen LogP contribution in [0.5, 0.6) is 11.6 Å². The van der Waals surface area contributed by atoms with Gasteiger partial charge in [0.25, 0.3) is 0 Å². The third kappa shape index (κ3) is 5.40. The Bertz CT molecular complexity index is 1340. The van der Waals surface area contributed by atoms with E-state index in [-0.39, 0.29) is 18.2 Å². The van der Waals surface area contributed by atoms with Crippen LogP contribution in [0.25, 0.3) is 16.8 Å². The number of pyridine rings is 1. The number of rotatable bonds is 9. The van der Waals surface area contributed by atoms with Crippen LogP contribution in [0.15, 0.2) is 78.6 Å². The van der Waals surface area contributed by atoms with Gasteiger partial charge < -0.3 is 19.1 Å². The summed E-state index contributed by atoms with van der Waals surface area (Å²) >= 11 is 0. The van der Waals surface area contributed by atoms with E-state index in [0.717, 1.165) is 53.3 Å². The van der Waals surface area contributed by atoms with Gasteiger partial charge in [-0.15, -0.1) is 0 Å². The molecule has 1 amide bonds. The predicted octanol–water partition coefficient (Wildman–Crippen LogP) is 5.78. The first-order valence-corrected chi connectivity index (χ1v) is 12.5. The zero-order chi connectivity index (χ0) is 26.4. The zero-order valence-corrected chi connectivity index (χ0v) is 22.1. The summed E-state index contributed by atoms with van der Waals surface area (Å²) in [5.41, 5.74) is 3.61. The number of fused-ring (bicyclic) bond motifs is 1. The second-order valence-electron chi connectivity index (χ2n) is 8.98. The van der Waals surface area contributed by atoms with Crippen molar-refractivity contribution in [1.82, 2.24) is 14.3 Å².